The summed E-state index contributed by atoms with van der Waals surface area (Å²) in [5.74, 6) is 0. The molecule has 0 bridgehead atoms. The smallest absolute Gasteiger partial charge is 0.0490 e. The molecule has 1 aromatic heterocycles. The van der Waals surface area contributed by atoms with Crippen LogP contribution in [0, 0.1) is 6.92 Å². The predicted octanol–water partition coefficient (Wildman–Crippen LogP) is 3.13. The van der Waals surface area contributed by atoms with Gasteiger partial charge in [0.05, 0.1) is 0 Å². The molecule has 3 rings (SSSR count). The lowest BCUT2D eigenvalue weighted by atomic mass is 10.0. The predicted molar refractivity (Wildman–Crippen MR) is 86.9 cm³/mol. The Balaban J connectivity index is 1.51. The van der Waals surface area contributed by atoms with Crippen molar-refractivity contribution in [3.63, 3.8) is 0 Å². The molecule has 0 amide bonds. The summed E-state index contributed by atoms with van der Waals surface area (Å²) in [5.41, 5.74) is 3.51. The number of rotatable bonds is 4. The molecule has 0 unspecified atom stereocenters. The van der Waals surface area contributed by atoms with E-state index in [0.717, 1.165) is 48.8 Å². The number of nitrogens with one attached hydrogen (secondary N) is 2. The Morgan fingerprint density at radius 1 is 1.33 bits per heavy atom. The minimum atomic E-state index is 0.575. The van der Waals surface area contributed by atoms with Gasteiger partial charge in [-0.2, -0.15) is 5.10 Å². The van der Waals surface area contributed by atoms with Gasteiger partial charge in [-0.1, -0.05) is 17.7 Å². The van der Waals surface area contributed by atoms with Gasteiger partial charge in [-0.05, 0) is 43.5 Å². The average Bonchev–Trinajstić information content (AvgIpc) is 3.02. The van der Waals surface area contributed by atoms with E-state index >= 15 is 0 Å². The van der Waals surface area contributed by atoms with Gasteiger partial charge in [0.25, 0.3) is 0 Å². The van der Waals surface area contributed by atoms with E-state index in [1.807, 2.05) is 13.0 Å². The van der Waals surface area contributed by atoms with Crippen LogP contribution in [0.1, 0.15) is 24.1 Å². The van der Waals surface area contributed by atoms with E-state index in [0.29, 0.717) is 6.04 Å². The van der Waals surface area contributed by atoms with Crippen molar-refractivity contribution in [2.45, 2.75) is 32.4 Å². The Kier molecular flexibility index (Phi) is 4.46. The first kappa shape index (κ1) is 14.4. The summed E-state index contributed by atoms with van der Waals surface area (Å²) in [4.78, 5) is 2.42. The van der Waals surface area contributed by atoms with Gasteiger partial charge in [0, 0.05) is 48.3 Å². The maximum atomic E-state index is 6.22. The molecule has 2 aromatic rings. The second-order valence-corrected chi connectivity index (χ2v) is 6.06. The van der Waals surface area contributed by atoms with Crippen molar-refractivity contribution in [3.05, 3.63) is 46.7 Å². The van der Waals surface area contributed by atoms with Gasteiger partial charge in [0.1, 0.15) is 0 Å². The quantitative estimate of drug-likeness (QED) is 0.912. The van der Waals surface area contributed by atoms with Crippen LogP contribution in [-0.2, 0) is 6.54 Å². The summed E-state index contributed by atoms with van der Waals surface area (Å²) < 4.78 is 0. The Labute approximate surface area is 130 Å². The van der Waals surface area contributed by atoms with Gasteiger partial charge < -0.3 is 10.2 Å². The van der Waals surface area contributed by atoms with Gasteiger partial charge >= 0.3 is 0 Å². The summed E-state index contributed by atoms with van der Waals surface area (Å²) in [7, 11) is 0. The highest BCUT2D eigenvalue weighted by Gasteiger charge is 2.19. The number of H-pyrrole nitrogens is 1. The summed E-state index contributed by atoms with van der Waals surface area (Å²) in [6, 6.07) is 8.93. The lowest BCUT2D eigenvalue weighted by Crippen LogP contribution is -2.42. The van der Waals surface area contributed by atoms with Crippen molar-refractivity contribution >= 4 is 17.3 Å². The third-order valence-corrected chi connectivity index (χ3v) is 4.56. The van der Waals surface area contributed by atoms with Crippen LogP contribution in [-0.4, -0.2) is 29.3 Å². The molecule has 1 saturated heterocycles. The first-order chi connectivity index (χ1) is 10.2. The molecule has 1 fully saturated rings. The summed E-state index contributed by atoms with van der Waals surface area (Å²) in [5, 5.41) is 11.4. The highest BCUT2D eigenvalue weighted by Crippen LogP contribution is 2.25. The third-order valence-electron chi connectivity index (χ3n) is 4.16. The third kappa shape index (κ3) is 3.57. The van der Waals surface area contributed by atoms with Crippen molar-refractivity contribution in [3.8, 4) is 0 Å². The topological polar surface area (TPSA) is 44.0 Å². The molecular formula is C16H21ClN4. The largest absolute Gasteiger partial charge is 0.371 e. The zero-order chi connectivity index (χ0) is 14.7. The summed E-state index contributed by atoms with van der Waals surface area (Å²) >= 11 is 6.22. The van der Waals surface area contributed by atoms with Crippen molar-refractivity contribution in [2.24, 2.45) is 0 Å². The zero-order valence-corrected chi connectivity index (χ0v) is 13.0. The average molecular weight is 305 g/mol. The maximum Gasteiger partial charge on any atom is 0.0490 e. The van der Waals surface area contributed by atoms with E-state index in [1.54, 1.807) is 6.20 Å². The fourth-order valence-electron chi connectivity index (χ4n) is 2.76. The SMILES string of the molecule is Cc1ccc(N2CCC(NCc3ccn[nH]3)CC2)cc1Cl. The highest BCUT2D eigenvalue weighted by atomic mass is 35.5. The number of hydrogen-bond donors (Lipinski definition) is 2. The first-order valence-corrected chi connectivity index (χ1v) is 7.83. The van der Waals surface area contributed by atoms with Crippen LogP contribution in [0.25, 0.3) is 0 Å². The first-order valence-electron chi connectivity index (χ1n) is 7.45. The lowest BCUT2D eigenvalue weighted by Gasteiger charge is -2.34. The number of aromatic nitrogens is 2. The number of hydrogen-bond acceptors (Lipinski definition) is 3. The van der Waals surface area contributed by atoms with Crippen LogP contribution in [0.5, 0.6) is 0 Å². The molecular weight excluding hydrogens is 284 g/mol. The number of piperidine rings is 1. The van der Waals surface area contributed by atoms with Gasteiger partial charge in [0.2, 0.25) is 0 Å². The van der Waals surface area contributed by atoms with Gasteiger partial charge in [-0.3, -0.25) is 5.10 Å². The summed E-state index contributed by atoms with van der Waals surface area (Å²) in [6.45, 7) is 5.04. The van der Waals surface area contributed by atoms with Crippen molar-refractivity contribution in [1.82, 2.24) is 15.5 Å². The Bertz CT molecular complexity index is 574. The minimum Gasteiger partial charge on any atom is -0.371 e. The summed E-state index contributed by atoms with van der Waals surface area (Å²) in [6.07, 6.45) is 4.10. The maximum absolute atomic E-state index is 6.22. The molecule has 21 heavy (non-hydrogen) atoms. The fraction of sp³-hybridized carbons (Fsp3) is 0.438. The Morgan fingerprint density at radius 3 is 2.81 bits per heavy atom. The molecule has 112 valence electrons. The number of nitrogens with zero attached hydrogens (tertiary/aromatic N) is 2. The number of benzene rings is 1. The van der Waals surface area contributed by atoms with Crippen LogP contribution >= 0.6 is 11.6 Å². The molecule has 5 heteroatoms. The van der Waals surface area contributed by atoms with Gasteiger partial charge in [0.15, 0.2) is 0 Å². The molecule has 0 saturated carbocycles. The monoisotopic (exact) mass is 304 g/mol. The van der Waals surface area contributed by atoms with E-state index in [2.05, 4.69) is 38.6 Å². The molecule has 2 heterocycles. The Morgan fingerprint density at radius 2 is 2.14 bits per heavy atom. The fourth-order valence-corrected chi connectivity index (χ4v) is 2.93. The van der Waals surface area contributed by atoms with Gasteiger partial charge in [-0.15, -0.1) is 0 Å². The van der Waals surface area contributed by atoms with Gasteiger partial charge in [-0.25, -0.2) is 0 Å². The molecule has 1 aromatic carbocycles. The second kappa shape index (κ2) is 6.50. The molecule has 0 aliphatic carbocycles. The van der Waals surface area contributed by atoms with E-state index in [-0.39, 0.29) is 0 Å². The second-order valence-electron chi connectivity index (χ2n) is 5.66. The standard InChI is InChI=1S/C16H21ClN4/c1-12-2-3-15(10-16(12)17)21-8-5-13(6-9-21)18-11-14-4-7-19-20-14/h2-4,7,10,13,18H,5-6,8-9,11H2,1H3,(H,19,20). The van der Waals surface area contributed by atoms with E-state index < -0.39 is 0 Å². The van der Waals surface area contributed by atoms with E-state index in [9.17, 15) is 0 Å². The van der Waals surface area contributed by atoms with Crippen LogP contribution in [0.4, 0.5) is 5.69 Å². The normalized spacial score (nSPS) is 16.4. The van der Waals surface area contributed by atoms with Crippen LogP contribution < -0.4 is 10.2 Å². The van der Waals surface area contributed by atoms with Crippen LogP contribution in [0.2, 0.25) is 5.02 Å². The van der Waals surface area contributed by atoms with Crippen molar-refractivity contribution in [2.75, 3.05) is 18.0 Å². The van der Waals surface area contributed by atoms with E-state index in [1.165, 1.54) is 5.69 Å². The van der Waals surface area contributed by atoms with E-state index in [4.69, 9.17) is 11.6 Å². The van der Waals surface area contributed by atoms with Crippen LogP contribution in [0.15, 0.2) is 30.5 Å². The van der Waals surface area contributed by atoms with Crippen LogP contribution in [0.3, 0.4) is 0 Å². The number of anilines is 1. The highest BCUT2D eigenvalue weighted by molar-refractivity contribution is 6.31. The minimum absolute atomic E-state index is 0.575. The zero-order valence-electron chi connectivity index (χ0n) is 12.3. The molecule has 2 N–H and O–H groups in total. The molecule has 0 radical (unpaired) electrons. The number of halogens is 1. The number of aromatic amines is 1. The molecule has 0 spiro atoms. The van der Waals surface area contributed by atoms with Crippen molar-refractivity contribution in [1.29, 1.82) is 0 Å². The molecule has 4 nitrogen and oxygen atoms in total. The molecule has 1 aliphatic rings. The molecule has 0 atom stereocenters. The molecule has 1 aliphatic heterocycles. The lowest BCUT2D eigenvalue weighted by molar-refractivity contribution is 0.412. The Hall–Kier alpha value is -1.52. The number of aryl methyl sites for hydroxylation is 1. The van der Waals surface area contributed by atoms with Crippen molar-refractivity contribution < 1.29 is 0 Å².